The van der Waals surface area contributed by atoms with Crippen LogP contribution in [0.1, 0.15) is 10.6 Å². The van der Waals surface area contributed by atoms with Gasteiger partial charge in [-0.3, -0.25) is 0 Å². The number of hydrogen-bond acceptors (Lipinski definition) is 3. The second-order valence-corrected chi connectivity index (χ2v) is 6.73. The number of amides is 2. The maximum absolute atomic E-state index is 12.2. The molecular weight excluding hydrogens is 342 g/mol. The topological polar surface area (TPSA) is 54.0 Å². The fraction of sp³-hybridized carbons (Fsp3) is 0.111. The first-order valence-corrected chi connectivity index (χ1v) is 8.68. The Morgan fingerprint density at radius 1 is 1.17 bits per heavy atom. The van der Waals surface area contributed by atoms with Crippen molar-refractivity contribution in [2.75, 3.05) is 5.32 Å². The number of anilines is 1. The van der Waals surface area contributed by atoms with Gasteiger partial charge in [0.2, 0.25) is 0 Å². The molecule has 2 aromatic carbocycles. The molecule has 0 unspecified atom stereocenters. The van der Waals surface area contributed by atoms with Crippen LogP contribution in [0, 0.1) is 6.92 Å². The Hall–Kier alpha value is -2.37. The normalized spacial score (nSPS) is 10.4. The third kappa shape index (κ3) is 4.13. The summed E-state index contributed by atoms with van der Waals surface area (Å²) in [6.07, 6.45) is 0. The van der Waals surface area contributed by atoms with Crippen LogP contribution < -0.4 is 10.6 Å². The smallest absolute Gasteiger partial charge is 0.319 e. The monoisotopic (exact) mass is 357 g/mol. The molecule has 0 radical (unpaired) electrons. The van der Waals surface area contributed by atoms with E-state index in [4.69, 9.17) is 11.6 Å². The van der Waals surface area contributed by atoms with Crippen LogP contribution in [0.25, 0.3) is 11.3 Å². The predicted molar refractivity (Wildman–Crippen MR) is 99.6 cm³/mol. The molecule has 0 atom stereocenters. The second kappa shape index (κ2) is 7.47. The highest BCUT2D eigenvalue weighted by Crippen LogP contribution is 2.28. The first-order valence-electron chi connectivity index (χ1n) is 7.42. The lowest BCUT2D eigenvalue weighted by molar-refractivity contribution is 0.252. The molecule has 2 amide bonds. The standard InChI is InChI=1S/C18H16ClN3OS/c1-12-21-17(11-24-12)15-4-2-3-5-16(15)22-18(23)20-10-13-6-8-14(19)9-7-13/h2-9,11H,10H2,1H3,(H2,20,22,23). The van der Waals surface area contributed by atoms with Gasteiger partial charge in [0.05, 0.1) is 16.4 Å². The average Bonchev–Trinajstić information content (AvgIpc) is 3.01. The van der Waals surface area contributed by atoms with Crippen LogP contribution in [0.5, 0.6) is 0 Å². The lowest BCUT2D eigenvalue weighted by Gasteiger charge is -2.11. The molecule has 3 rings (SSSR count). The minimum Gasteiger partial charge on any atom is -0.334 e. The summed E-state index contributed by atoms with van der Waals surface area (Å²) < 4.78 is 0. The van der Waals surface area contributed by atoms with Crippen LogP contribution in [-0.4, -0.2) is 11.0 Å². The lowest BCUT2D eigenvalue weighted by atomic mass is 10.1. The van der Waals surface area contributed by atoms with Gasteiger partial charge in [-0.1, -0.05) is 41.9 Å². The number of aryl methyl sites for hydroxylation is 1. The van der Waals surface area contributed by atoms with E-state index in [1.165, 1.54) is 0 Å². The molecule has 3 aromatic rings. The van der Waals surface area contributed by atoms with Gasteiger partial charge < -0.3 is 10.6 Å². The fourth-order valence-corrected chi connectivity index (χ4v) is 2.99. The number of benzene rings is 2. The largest absolute Gasteiger partial charge is 0.334 e. The van der Waals surface area contributed by atoms with Gasteiger partial charge in [-0.2, -0.15) is 0 Å². The van der Waals surface area contributed by atoms with E-state index < -0.39 is 0 Å². The van der Waals surface area contributed by atoms with Crippen LogP contribution in [0.15, 0.2) is 53.9 Å². The summed E-state index contributed by atoms with van der Waals surface area (Å²) in [7, 11) is 0. The van der Waals surface area contributed by atoms with Gasteiger partial charge in [0.1, 0.15) is 0 Å². The van der Waals surface area contributed by atoms with Crippen molar-refractivity contribution in [1.29, 1.82) is 0 Å². The minimum atomic E-state index is -0.260. The van der Waals surface area contributed by atoms with E-state index in [9.17, 15) is 4.79 Å². The number of nitrogens with one attached hydrogen (secondary N) is 2. The molecule has 0 fully saturated rings. The van der Waals surface area contributed by atoms with Crippen LogP contribution in [0.2, 0.25) is 5.02 Å². The summed E-state index contributed by atoms with van der Waals surface area (Å²) in [5.41, 5.74) is 3.49. The summed E-state index contributed by atoms with van der Waals surface area (Å²) in [5.74, 6) is 0. The molecule has 4 nitrogen and oxygen atoms in total. The summed E-state index contributed by atoms with van der Waals surface area (Å²) in [4.78, 5) is 16.7. The zero-order valence-corrected chi connectivity index (χ0v) is 14.6. The molecule has 1 heterocycles. The molecule has 2 N–H and O–H groups in total. The van der Waals surface area contributed by atoms with E-state index in [0.29, 0.717) is 11.6 Å². The zero-order chi connectivity index (χ0) is 16.9. The van der Waals surface area contributed by atoms with Crippen molar-refractivity contribution in [3.63, 3.8) is 0 Å². The molecule has 6 heteroatoms. The molecular formula is C18H16ClN3OS. The summed E-state index contributed by atoms with van der Waals surface area (Å²) in [5, 5.41) is 9.38. The number of carbonyl (C=O) groups excluding carboxylic acids is 1. The molecule has 0 aliphatic rings. The third-order valence-corrected chi connectivity index (χ3v) is 4.46. The van der Waals surface area contributed by atoms with Gasteiger partial charge in [0.25, 0.3) is 0 Å². The van der Waals surface area contributed by atoms with Crippen LogP contribution in [-0.2, 0) is 6.54 Å². The lowest BCUT2D eigenvalue weighted by Crippen LogP contribution is -2.28. The van der Waals surface area contributed by atoms with E-state index in [-0.39, 0.29) is 6.03 Å². The minimum absolute atomic E-state index is 0.260. The molecule has 1 aromatic heterocycles. The SMILES string of the molecule is Cc1nc(-c2ccccc2NC(=O)NCc2ccc(Cl)cc2)cs1. The number of aromatic nitrogens is 1. The third-order valence-electron chi connectivity index (χ3n) is 3.44. The second-order valence-electron chi connectivity index (χ2n) is 5.23. The number of para-hydroxylation sites is 1. The first-order chi connectivity index (χ1) is 11.6. The van der Waals surface area contributed by atoms with Crippen LogP contribution >= 0.6 is 22.9 Å². The number of rotatable bonds is 4. The Labute approximate surface area is 149 Å². The summed E-state index contributed by atoms with van der Waals surface area (Å²) in [6.45, 7) is 2.39. The molecule has 0 bridgehead atoms. The van der Waals surface area contributed by atoms with Crippen molar-refractivity contribution in [2.24, 2.45) is 0 Å². The molecule has 0 saturated heterocycles. The predicted octanol–water partition coefficient (Wildman–Crippen LogP) is 5.09. The number of hydrogen-bond donors (Lipinski definition) is 2. The number of nitrogens with zero attached hydrogens (tertiary/aromatic N) is 1. The number of urea groups is 1. The highest BCUT2D eigenvalue weighted by Gasteiger charge is 2.10. The Balaban J connectivity index is 1.67. The Bertz CT molecular complexity index is 845. The highest BCUT2D eigenvalue weighted by atomic mass is 35.5. The number of halogens is 1. The van der Waals surface area contributed by atoms with E-state index in [1.807, 2.05) is 48.7 Å². The quantitative estimate of drug-likeness (QED) is 0.683. The maximum atomic E-state index is 12.2. The van der Waals surface area contributed by atoms with Gasteiger partial charge >= 0.3 is 6.03 Å². The van der Waals surface area contributed by atoms with E-state index >= 15 is 0 Å². The maximum Gasteiger partial charge on any atom is 0.319 e. The van der Waals surface area contributed by atoms with Crippen molar-refractivity contribution in [3.05, 3.63) is 69.5 Å². The van der Waals surface area contributed by atoms with Crippen molar-refractivity contribution in [3.8, 4) is 11.3 Å². The Morgan fingerprint density at radius 3 is 2.62 bits per heavy atom. The molecule has 0 spiro atoms. The molecule has 24 heavy (non-hydrogen) atoms. The molecule has 0 aliphatic heterocycles. The fourth-order valence-electron chi connectivity index (χ4n) is 2.25. The van der Waals surface area contributed by atoms with E-state index in [0.717, 1.165) is 27.5 Å². The highest BCUT2D eigenvalue weighted by molar-refractivity contribution is 7.09. The van der Waals surface area contributed by atoms with Gasteiger partial charge in [0.15, 0.2) is 0 Å². The van der Waals surface area contributed by atoms with Crippen molar-refractivity contribution < 1.29 is 4.79 Å². The van der Waals surface area contributed by atoms with Gasteiger partial charge in [-0.15, -0.1) is 11.3 Å². The van der Waals surface area contributed by atoms with E-state index in [2.05, 4.69) is 15.6 Å². The van der Waals surface area contributed by atoms with Gasteiger partial charge in [-0.05, 0) is 30.7 Å². The summed E-state index contributed by atoms with van der Waals surface area (Å²) >= 11 is 7.44. The van der Waals surface area contributed by atoms with Crippen molar-refractivity contribution in [1.82, 2.24) is 10.3 Å². The Kier molecular flexibility index (Phi) is 5.13. The van der Waals surface area contributed by atoms with E-state index in [1.54, 1.807) is 23.5 Å². The van der Waals surface area contributed by atoms with Gasteiger partial charge in [-0.25, -0.2) is 9.78 Å². The summed E-state index contributed by atoms with van der Waals surface area (Å²) in [6, 6.07) is 14.7. The molecule has 0 saturated carbocycles. The van der Waals surface area contributed by atoms with Crippen LogP contribution in [0.3, 0.4) is 0 Å². The molecule has 122 valence electrons. The van der Waals surface area contributed by atoms with Crippen LogP contribution in [0.4, 0.5) is 10.5 Å². The van der Waals surface area contributed by atoms with Crippen molar-refractivity contribution in [2.45, 2.75) is 13.5 Å². The van der Waals surface area contributed by atoms with Crippen molar-refractivity contribution >= 4 is 34.7 Å². The Morgan fingerprint density at radius 2 is 1.92 bits per heavy atom. The van der Waals surface area contributed by atoms with Gasteiger partial charge in [0, 0.05) is 22.5 Å². The average molecular weight is 358 g/mol. The zero-order valence-electron chi connectivity index (χ0n) is 13.0. The first kappa shape index (κ1) is 16.5. The number of thiazole rings is 1. The molecule has 0 aliphatic carbocycles. The number of carbonyl (C=O) groups is 1.